The van der Waals surface area contributed by atoms with Crippen LogP contribution >= 0.6 is 0 Å². The molecule has 1 aromatic carbocycles. The van der Waals surface area contributed by atoms with Crippen LogP contribution in [0.1, 0.15) is 42.9 Å². The third-order valence-corrected chi connectivity index (χ3v) is 6.10. The Kier molecular flexibility index (Phi) is 5.14. The Balaban J connectivity index is 2.01. The van der Waals surface area contributed by atoms with Gasteiger partial charge >= 0.3 is 5.97 Å². The van der Waals surface area contributed by atoms with Crippen LogP contribution in [0.3, 0.4) is 0 Å². The SMILES string of the molecule is COC(=O)CCc1c(C)c(C#N)c2nc3ccccc3n2c1N1CCC(C)CC1. The molecule has 0 amide bonds. The first kappa shape index (κ1) is 19.3. The first-order valence-electron chi connectivity index (χ1n) is 10.2. The van der Waals surface area contributed by atoms with Gasteiger partial charge in [0.1, 0.15) is 11.9 Å². The standard InChI is InChI=1S/C23H26N4O2/c1-15-10-12-26(13-11-15)23-17(8-9-21(28)29-3)16(2)18(14-24)22-25-19-6-4-5-7-20(19)27(22)23/h4-7,15H,8-13H2,1-3H3. The molecule has 0 bridgehead atoms. The Morgan fingerprint density at radius 3 is 2.72 bits per heavy atom. The van der Waals surface area contributed by atoms with E-state index in [9.17, 15) is 10.1 Å². The molecule has 1 aliphatic rings. The van der Waals surface area contributed by atoms with Gasteiger partial charge < -0.3 is 9.64 Å². The number of ether oxygens (including phenoxy) is 1. The number of carbonyl (C=O) groups excluding carboxylic acids is 1. The maximum atomic E-state index is 11.9. The minimum atomic E-state index is -0.239. The van der Waals surface area contributed by atoms with Crippen LogP contribution in [0.5, 0.6) is 0 Å². The fourth-order valence-electron chi connectivity index (χ4n) is 4.34. The molecule has 2 aromatic heterocycles. The number of anilines is 1. The monoisotopic (exact) mass is 390 g/mol. The molecule has 29 heavy (non-hydrogen) atoms. The maximum absolute atomic E-state index is 11.9. The van der Waals surface area contributed by atoms with Gasteiger partial charge in [-0.25, -0.2) is 4.98 Å². The van der Waals surface area contributed by atoms with Crippen molar-refractivity contribution < 1.29 is 9.53 Å². The Morgan fingerprint density at radius 2 is 2.03 bits per heavy atom. The molecule has 1 fully saturated rings. The molecule has 3 heterocycles. The van der Waals surface area contributed by atoms with Gasteiger partial charge in [0, 0.05) is 19.5 Å². The van der Waals surface area contributed by atoms with Crippen LogP contribution in [0.25, 0.3) is 16.7 Å². The van der Waals surface area contributed by atoms with Crippen molar-refractivity contribution >= 4 is 28.5 Å². The van der Waals surface area contributed by atoms with Gasteiger partial charge in [-0.1, -0.05) is 19.1 Å². The Morgan fingerprint density at radius 1 is 1.31 bits per heavy atom. The number of hydrogen-bond donors (Lipinski definition) is 0. The van der Waals surface area contributed by atoms with E-state index >= 15 is 0 Å². The highest BCUT2D eigenvalue weighted by molar-refractivity contribution is 5.86. The lowest BCUT2D eigenvalue weighted by Crippen LogP contribution is -2.35. The molecule has 4 rings (SSSR count). The number of pyridine rings is 1. The van der Waals surface area contributed by atoms with Crippen LogP contribution in [0.15, 0.2) is 24.3 Å². The molecular weight excluding hydrogens is 364 g/mol. The van der Waals surface area contributed by atoms with E-state index in [1.807, 2.05) is 31.2 Å². The van der Waals surface area contributed by atoms with Crippen molar-refractivity contribution in [1.82, 2.24) is 9.38 Å². The van der Waals surface area contributed by atoms with Crippen molar-refractivity contribution in [3.05, 3.63) is 41.0 Å². The summed E-state index contributed by atoms with van der Waals surface area (Å²) >= 11 is 0. The number of fused-ring (bicyclic) bond motifs is 3. The van der Waals surface area contributed by atoms with Gasteiger partial charge in [0.2, 0.25) is 0 Å². The van der Waals surface area contributed by atoms with Crippen molar-refractivity contribution in [3.63, 3.8) is 0 Å². The van der Waals surface area contributed by atoms with Gasteiger partial charge in [0.05, 0.1) is 23.7 Å². The summed E-state index contributed by atoms with van der Waals surface area (Å²) in [5.74, 6) is 1.54. The number of carbonyl (C=O) groups is 1. The van der Waals surface area contributed by atoms with Crippen molar-refractivity contribution in [2.45, 2.75) is 39.5 Å². The zero-order chi connectivity index (χ0) is 20.5. The summed E-state index contributed by atoms with van der Waals surface area (Å²) in [6.07, 6.45) is 3.09. The minimum absolute atomic E-state index is 0.239. The molecule has 3 aromatic rings. The lowest BCUT2D eigenvalue weighted by atomic mass is 9.96. The zero-order valence-electron chi connectivity index (χ0n) is 17.2. The van der Waals surface area contributed by atoms with E-state index in [0.29, 0.717) is 23.5 Å². The molecule has 0 saturated carbocycles. The predicted molar refractivity (Wildman–Crippen MR) is 113 cm³/mol. The van der Waals surface area contributed by atoms with Gasteiger partial charge in [-0.05, 0) is 55.4 Å². The molecule has 0 unspecified atom stereocenters. The lowest BCUT2D eigenvalue weighted by molar-refractivity contribution is -0.140. The zero-order valence-corrected chi connectivity index (χ0v) is 17.2. The second-order valence-corrected chi connectivity index (χ2v) is 7.92. The van der Waals surface area contributed by atoms with Crippen LogP contribution in [0.4, 0.5) is 5.82 Å². The van der Waals surface area contributed by atoms with Crippen LogP contribution in [0, 0.1) is 24.2 Å². The van der Waals surface area contributed by atoms with Gasteiger partial charge in [-0.2, -0.15) is 5.26 Å². The Labute approximate surface area is 170 Å². The summed E-state index contributed by atoms with van der Waals surface area (Å²) in [5, 5.41) is 9.92. The molecule has 0 N–H and O–H groups in total. The number of hydrogen-bond acceptors (Lipinski definition) is 5. The van der Waals surface area contributed by atoms with Crippen LogP contribution in [-0.4, -0.2) is 35.6 Å². The Bertz CT molecular complexity index is 1120. The van der Waals surface area contributed by atoms with Crippen molar-refractivity contribution in [2.75, 3.05) is 25.1 Å². The quantitative estimate of drug-likeness (QED) is 0.630. The lowest BCUT2D eigenvalue weighted by Gasteiger charge is -2.34. The third kappa shape index (κ3) is 3.31. The fourth-order valence-corrected chi connectivity index (χ4v) is 4.34. The van der Waals surface area contributed by atoms with Crippen LogP contribution in [-0.2, 0) is 16.0 Å². The molecule has 1 aliphatic heterocycles. The normalized spacial score (nSPS) is 15.0. The van der Waals surface area contributed by atoms with Gasteiger partial charge in [-0.15, -0.1) is 0 Å². The topological polar surface area (TPSA) is 70.6 Å². The summed E-state index contributed by atoms with van der Waals surface area (Å²) in [5.41, 5.74) is 5.09. The molecule has 0 atom stereocenters. The number of nitrogens with zero attached hydrogens (tertiary/aromatic N) is 4. The molecular formula is C23H26N4O2. The second-order valence-electron chi connectivity index (χ2n) is 7.92. The van der Waals surface area contributed by atoms with E-state index in [4.69, 9.17) is 9.72 Å². The van der Waals surface area contributed by atoms with E-state index in [0.717, 1.165) is 53.9 Å². The molecule has 0 spiro atoms. The maximum Gasteiger partial charge on any atom is 0.305 e. The number of benzene rings is 1. The number of methoxy groups -OCH3 is 1. The number of imidazole rings is 1. The van der Waals surface area contributed by atoms with Gasteiger partial charge in [-0.3, -0.25) is 9.20 Å². The minimum Gasteiger partial charge on any atom is -0.469 e. The highest BCUT2D eigenvalue weighted by Crippen LogP contribution is 2.35. The summed E-state index contributed by atoms with van der Waals surface area (Å²) in [6.45, 7) is 6.18. The van der Waals surface area contributed by atoms with E-state index in [1.165, 1.54) is 7.11 Å². The van der Waals surface area contributed by atoms with E-state index < -0.39 is 0 Å². The second kappa shape index (κ2) is 7.75. The van der Waals surface area contributed by atoms with E-state index in [2.05, 4.69) is 22.3 Å². The Hall–Kier alpha value is -3.07. The van der Waals surface area contributed by atoms with Gasteiger partial charge in [0.15, 0.2) is 5.65 Å². The van der Waals surface area contributed by atoms with Crippen molar-refractivity contribution in [2.24, 2.45) is 5.92 Å². The fraction of sp³-hybridized carbons (Fsp3) is 0.435. The number of nitriles is 1. The van der Waals surface area contributed by atoms with Crippen LogP contribution < -0.4 is 4.90 Å². The van der Waals surface area contributed by atoms with Crippen molar-refractivity contribution in [1.29, 1.82) is 5.26 Å². The molecule has 150 valence electrons. The summed E-state index contributed by atoms with van der Waals surface area (Å²) in [6, 6.07) is 10.4. The largest absolute Gasteiger partial charge is 0.469 e. The van der Waals surface area contributed by atoms with Gasteiger partial charge in [0.25, 0.3) is 0 Å². The number of esters is 1. The molecule has 6 nitrogen and oxygen atoms in total. The summed E-state index contributed by atoms with van der Waals surface area (Å²) in [4.78, 5) is 19.1. The summed E-state index contributed by atoms with van der Waals surface area (Å²) < 4.78 is 7.00. The number of rotatable bonds is 4. The summed E-state index contributed by atoms with van der Waals surface area (Å²) in [7, 11) is 1.41. The van der Waals surface area contributed by atoms with E-state index in [-0.39, 0.29) is 12.4 Å². The molecule has 1 saturated heterocycles. The number of piperidine rings is 1. The smallest absolute Gasteiger partial charge is 0.305 e. The molecule has 0 aliphatic carbocycles. The molecule has 0 radical (unpaired) electrons. The molecule has 6 heteroatoms. The predicted octanol–water partition coefficient (Wildman–Crippen LogP) is 4.01. The van der Waals surface area contributed by atoms with Crippen molar-refractivity contribution in [3.8, 4) is 6.07 Å². The first-order chi connectivity index (χ1) is 14.0. The highest BCUT2D eigenvalue weighted by atomic mass is 16.5. The number of para-hydroxylation sites is 2. The highest BCUT2D eigenvalue weighted by Gasteiger charge is 2.26. The van der Waals surface area contributed by atoms with E-state index in [1.54, 1.807) is 0 Å². The average molecular weight is 390 g/mol. The number of aromatic nitrogens is 2. The third-order valence-electron chi connectivity index (χ3n) is 6.10. The van der Waals surface area contributed by atoms with Crippen LogP contribution in [0.2, 0.25) is 0 Å². The average Bonchev–Trinajstić information content (AvgIpc) is 3.11. The first-order valence-corrected chi connectivity index (χ1v) is 10.2.